The van der Waals surface area contributed by atoms with Gasteiger partial charge in [-0.15, -0.1) is 0 Å². The number of benzene rings is 2. The summed E-state index contributed by atoms with van der Waals surface area (Å²) in [7, 11) is 0. The minimum Gasteiger partial charge on any atom is -0.460 e. The third-order valence-electron chi connectivity index (χ3n) is 3.43. The smallest absolute Gasteiger partial charge is 0.308 e. The summed E-state index contributed by atoms with van der Waals surface area (Å²) in [6, 6.07) is 11.7. The van der Waals surface area contributed by atoms with Crippen LogP contribution in [0.2, 0.25) is 5.02 Å². The van der Waals surface area contributed by atoms with Crippen molar-refractivity contribution in [2.75, 3.05) is 0 Å². The van der Waals surface area contributed by atoms with Crippen LogP contribution in [0.1, 0.15) is 12.7 Å². The predicted molar refractivity (Wildman–Crippen MR) is 89.0 cm³/mol. The molecule has 4 nitrogen and oxygen atoms in total. The van der Waals surface area contributed by atoms with Crippen molar-refractivity contribution < 1.29 is 13.9 Å². The molecule has 0 amide bonds. The highest BCUT2D eigenvalue weighted by atomic mass is 35.5. The number of carbonyl (C=O) groups excluding carboxylic acids is 1. The van der Waals surface area contributed by atoms with E-state index in [1.807, 2.05) is 0 Å². The van der Waals surface area contributed by atoms with Gasteiger partial charge in [0, 0.05) is 18.0 Å². The van der Waals surface area contributed by atoms with Gasteiger partial charge in [0.15, 0.2) is 0 Å². The molecule has 1 heterocycles. The normalized spacial score (nSPS) is 10.7. The second-order valence-electron chi connectivity index (χ2n) is 5.12. The van der Waals surface area contributed by atoms with Crippen LogP contribution in [0, 0.1) is 6.92 Å². The summed E-state index contributed by atoms with van der Waals surface area (Å²) in [5.74, 6) is 0.401. The second kappa shape index (κ2) is 5.89. The van der Waals surface area contributed by atoms with Crippen LogP contribution in [0.5, 0.6) is 5.75 Å². The summed E-state index contributed by atoms with van der Waals surface area (Å²) in [4.78, 5) is 23.8. The van der Waals surface area contributed by atoms with Crippen LogP contribution in [0.4, 0.5) is 0 Å². The summed E-state index contributed by atoms with van der Waals surface area (Å²) >= 11 is 5.89. The molecule has 0 atom stereocenters. The number of ether oxygens (including phenoxy) is 1. The van der Waals surface area contributed by atoms with Crippen LogP contribution in [-0.4, -0.2) is 5.97 Å². The molecule has 0 unspecified atom stereocenters. The zero-order valence-corrected chi connectivity index (χ0v) is 13.3. The van der Waals surface area contributed by atoms with Crippen LogP contribution in [0.3, 0.4) is 0 Å². The van der Waals surface area contributed by atoms with Crippen LogP contribution >= 0.6 is 11.6 Å². The number of aryl methyl sites for hydroxylation is 1. The van der Waals surface area contributed by atoms with Crippen molar-refractivity contribution in [2.45, 2.75) is 13.8 Å². The third-order valence-corrected chi connectivity index (χ3v) is 3.69. The molecule has 3 aromatic rings. The molecule has 0 saturated carbocycles. The van der Waals surface area contributed by atoms with Crippen LogP contribution in [-0.2, 0) is 4.79 Å². The zero-order chi connectivity index (χ0) is 16.6. The maximum absolute atomic E-state index is 12.8. The Morgan fingerprint density at radius 3 is 2.48 bits per heavy atom. The van der Waals surface area contributed by atoms with Gasteiger partial charge in [0.25, 0.3) is 0 Å². The van der Waals surface area contributed by atoms with Crippen molar-refractivity contribution in [3.8, 4) is 16.9 Å². The maximum Gasteiger partial charge on any atom is 0.308 e. The average molecular weight is 329 g/mol. The fourth-order valence-electron chi connectivity index (χ4n) is 2.47. The van der Waals surface area contributed by atoms with Gasteiger partial charge < -0.3 is 9.15 Å². The lowest BCUT2D eigenvalue weighted by atomic mass is 10.0. The molecule has 0 spiro atoms. The Hall–Kier alpha value is -2.59. The molecule has 5 heteroatoms. The van der Waals surface area contributed by atoms with E-state index in [4.69, 9.17) is 20.8 Å². The first-order valence-electron chi connectivity index (χ1n) is 6.97. The first kappa shape index (κ1) is 15.3. The highest BCUT2D eigenvalue weighted by Gasteiger charge is 2.14. The number of halogens is 1. The molecule has 116 valence electrons. The van der Waals surface area contributed by atoms with Gasteiger partial charge in [0.1, 0.15) is 17.1 Å². The van der Waals surface area contributed by atoms with Crippen molar-refractivity contribution in [3.05, 3.63) is 63.5 Å². The number of esters is 1. The van der Waals surface area contributed by atoms with Crippen LogP contribution in [0.15, 0.2) is 51.7 Å². The molecule has 0 radical (unpaired) electrons. The van der Waals surface area contributed by atoms with Crippen molar-refractivity contribution in [1.82, 2.24) is 0 Å². The predicted octanol–water partition coefficient (Wildman–Crippen LogP) is 4.35. The number of carbonyl (C=O) groups is 1. The number of rotatable bonds is 2. The minimum atomic E-state index is -0.429. The lowest BCUT2D eigenvalue weighted by molar-refractivity contribution is -0.131. The topological polar surface area (TPSA) is 56.5 Å². The molecule has 0 aliphatic heterocycles. The molecule has 23 heavy (non-hydrogen) atoms. The Bertz CT molecular complexity index is 955. The van der Waals surface area contributed by atoms with Crippen LogP contribution in [0.25, 0.3) is 22.1 Å². The fourth-order valence-corrected chi connectivity index (χ4v) is 2.59. The van der Waals surface area contributed by atoms with E-state index in [9.17, 15) is 9.59 Å². The molecule has 0 aliphatic rings. The fraction of sp³-hybridized carbons (Fsp3) is 0.111. The minimum absolute atomic E-state index is 0.138. The molecular formula is C18H13ClO4. The first-order valence-corrected chi connectivity index (χ1v) is 7.35. The summed E-state index contributed by atoms with van der Waals surface area (Å²) in [6.45, 7) is 3.04. The van der Waals surface area contributed by atoms with E-state index < -0.39 is 5.97 Å². The molecule has 0 saturated heterocycles. The first-order chi connectivity index (χ1) is 11.0. The molecule has 0 fully saturated rings. The highest BCUT2D eigenvalue weighted by molar-refractivity contribution is 6.30. The largest absolute Gasteiger partial charge is 0.460 e. The van der Waals surface area contributed by atoms with E-state index in [1.54, 1.807) is 43.3 Å². The maximum atomic E-state index is 12.8. The molecular weight excluding hydrogens is 316 g/mol. The number of hydrogen-bond donors (Lipinski definition) is 0. The van der Waals surface area contributed by atoms with Gasteiger partial charge in [-0.1, -0.05) is 23.7 Å². The van der Waals surface area contributed by atoms with Gasteiger partial charge in [-0.25, -0.2) is 0 Å². The van der Waals surface area contributed by atoms with E-state index >= 15 is 0 Å². The van der Waals surface area contributed by atoms with E-state index in [0.717, 1.165) is 5.56 Å². The van der Waals surface area contributed by atoms with E-state index in [1.165, 1.54) is 13.0 Å². The standard InChI is InChI=1S/C18H13ClO4/c1-10-17(12-3-5-13(19)6-4-12)18(21)15-8-7-14(23-11(2)20)9-16(15)22-10/h3-9H,1-2H3. The Balaban J connectivity index is 2.20. The Morgan fingerprint density at radius 1 is 1.13 bits per heavy atom. The van der Waals surface area contributed by atoms with E-state index in [2.05, 4.69) is 0 Å². The van der Waals surface area contributed by atoms with Gasteiger partial charge in [-0.05, 0) is 36.8 Å². The molecule has 0 N–H and O–H groups in total. The molecule has 2 aromatic carbocycles. The van der Waals surface area contributed by atoms with Crippen LogP contribution < -0.4 is 10.2 Å². The quantitative estimate of drug-likeness (QED) is 0.518. The molecule has 3 rings (SSSR count). The van der Waals surface area contributed by atoms with Gasteiger partial charge >= 0.3 is 5.97 Å². The van der Waals surface area contributed by atoms with Crippen molar-refractivity contribution >= 4 is 28.5 Å². The van der Waals surface area contributed by atoms with Crippen molar-refractivity contribution in [2.24, 2.45) is 0 Å². The Labute approximate surface area is 137 Å². The van der Waals surface area contributed by atoms with Gasteiger partial charge in [-0.2, -0.15) is 0 Å². The summed E-state index contributed by atoms with van der Waals surface area (Å²) in [6.07, 6.45) is 0. The monoisotopic (exact) mass is 328 g/mol. The van der Waals surface area contributed by atoms with E-state index in [-0.39, 0.29) is 5.43 Å². The Morgan fingerprint density at radius 2 is 1.83 bits per heavy atom. The SMILES string of the molecule is CC(=O)Oc1ccc2c(=O)c(-c3ccc(Cl)cc3)c(C)oc2c1. The summed E-state index contributed by atoms with van der Waals surface area (Å²) in [5.41, 5.74) is 1.48. The van der Waals surface area contributed by atoms with Gasteiger partial charge in [0.05, 0.1) is 10.9 Å². The van der Waals surface area contributed by atoms with Gasteiger partial charge in [-0.3, -0.25) is 9.59 Å². The van der Waals surface area contributed by atoms with E-state index in [0.29, 0.717) is 33.1 Å². The summed E-state index contributed by atoms with van der Waals surface area (Å²) in [5, 5.41) is 1.03. The zero-order valence-electron chi connectivity index (χ0n) is 12.6. The van der Waals surface area contributed by atoms with Crippen molar-refractivity contribution in [1.29, 1.82) is 0 Å². The second-order valence-corrected chi connectivity index (χ2v) is 5.56. The Kier molecular flexibility index (Phi) is 3.92. The average Bonchev–Trinajstić information content (AvgIpc) is 2.48. The highest BCUT2D eigenvalue weighted by Crippen LogP contribution is 2.27. The van der Waals surface area contributed by atoms with Gasteiger partial charge in [0.2, 0.25) is 5.43 Å². The lowest BCUT2D eigenvalue weighted by Crippen LogP contribution is -2.08. The third kappa shape index (κ3) is 2.98. The summed E-state index contributed by atoms with van der Waals surface area (Å²) < 4.78 is 10.8. The number of hydrogen-bond acceptors (Lipinski definition) is 4. The van der Waals surface area contributed by atoms with Crippen molar-refractivity contribution in [3.63, 3.8) is 0 Å². The molecule has 0 bridgehead atoms. The molecule has 1 aromatic heterocycles. The molecule has 0 aliphatic carbocycles. The lowest BCUT2D eigenvalue weighted by Gasteiger charge is -2.08. The number of fused-ring (bicyclic) bond motifs is 1.